The van der Waals surface area contributed by atoms with Crippen LogP contribution < -0.4 is 0 Å². The molecule has 6 heteroatoms. The Morgan fingerprint density at radius 3 is 2.63 bits per heavy atom. The molecule has 0 spiro atoms. The monoisotopic (exact) mass is 405 g/mol. The Balaban J connectivity index is 1.61. The average molecular weight is 405 g/mol. The number of hydrogen-bond acceptors (Lipinski definition) is 3. The van der Waals surface area contributed by atoms with Gasteiger partial charge in [-0.25, -0.2) is 4.98 Å². The summed E-state index contributed by atoms with van der Waals surface area (Å²) in [4.78, 5) is 30.2. The van der Waals surface area contributed by atoms with Crippen molar-refractivity contribution in [3.05, 3.63) is 65.5 Å². The van der Waals surface area contributed by atoms with Crippen molar-refractivity contribution >= 4 is 22.9 Å². The Kier molecular flexibility index (Phi) is 5.84. The van der Waals surface area contributed by atoms with Crippen LogP contribution in [-0.4, -0.2) is 37.5 Å². The van der Waals surface area contributed by atoms with Gasteiger partial charge in [-0.1, -0.05) is 30.3 Å². The van der Waals surface area contributed by atoms with Gasteiger partial charge in [-0.15, -0.1) is 0 Å². The maximum Gasteiger partial charge on any atom is 0.303 e. The number of carboxylic acid groups (broad SMARTS) is 1. The second-order valence-corrected chi connectivity index (χ2v) is 8.05. The van der Waals surface area contributed by atoms with E-state index in [1.54, 1.807) is 0 Å². The molecule has 2 aromatic heterocycles. The van der Waals surface area contributed by atoms with Crippen LogP contribution in [-0.2, 0) is 29.1 Å². The van der Waals surface area contributed by atoms with Gasteiger partial charge in [-0.05, 0) is 49.4 Å². The van der Waals surface area contributed by atoms with E-state index in [0.717, 1.165) is 24.3 Å². The van der Waals surface area contributed by atoms with Gasteiger partial charge < -0.3 is 14.6 Å². The van der Waals surface area contributed by atoms with Gasteiger partial charge in [0.25, 0.3) is 0 Å². The third kappa shape index (κ3) is 4.08. The van der Waals surface area contributed by atoms with Gasteiger partial charge in [0.1, 0.15) is 5.65 Å². The van der Waals surface area contributed by atoms with Crippen LogP contribution in [0.3, 0.4) is 0 Å². The highest BCUT2D eigenvalue weighted by Crippen LogP contribution is 2.33. The Labute approximate surface area is 176 Å². The molecule has 0 radical (unpaired) electrons. The minimum atomic E-state index is -0.809. The molecule has 0 saturated heterocycles. The van der Waals surface area contributed by atoms with E-state index in [4.69, 9.17) is 5.11 Å². The van der Waals surface area contributed by atoms with E-state index in [-0.39, 0.29) is 18.4 Å². The summed E-state index contributed by atoms with van der Waals surface area (Å²) in [5.41, 5.74) is 4.61. The molecule has 6 nitrogen and oxygen atoms in total. The summed E-state index contributed by atoms with van der Waals surface area (Å²) in [6, 6.07) is 14.5. The molecule has 1 unspecified atom stereocenters. The number of benzene rings is 1. The Morgan fingerprint density at radius 1 is 1.10 bits per heavy atom. The zero-order valence-corrected chi connectivity index (χ0v) is 17.3. The second-order valence-electron chi connectivity index (χ2n) is 8.05. The van der Waals surface area contributed by atoms with Crippen LogP contribution in [0.2, 0.25) is 0 Å². The lowest BCUT2D eigenvalue weighted by atomic mass is 9.97. The van der Waals surface area contributed by atoms with Crippen molar-refractivity contribution in [2.75, 3.05) is 0 Å². The quantitative estimate of drug-likeness (QED) is 0.603. The molecule has 1 aliphatic heterocycles. The molecule has 0 fully saturated rings. The van der Waals surface area contributed by atoms with Crippen LogP contribution >= 0.6 is 0 Å². The summed E-state index contributed by atoms with van der Waals surface area (Å²) in [6.07, 6.45) is 4.28. The molecule has 3 aromatic rings. The van der Waals surface area contributed by atoms with E-state index in [1.165, 1.54) is 16.5 Å². The molecule has 1 aliphatic rings. The number of carboxylic acids is 1. The number of aliphatic carboxylic acids is 1. The van der Waals surface area contributed by atoms with Crippen LogP contribution in [0.1, 0.15) is 49.4 Å². The van der Waals surface area contributed by atoms with Crippen molar-refractivity contribution in [1.82, 2.24) is 14.5 Å². The van der Waals surface area contributed by atoms with Crippen LogP contribution in [0.15, 0.2) is 48.7 Å². The van der Waals surface area contributed by atoms with Gasteiger partial charge in [0, 0.05) is 42.7 Å². The van der Waals surface area contributed by atoms with Crippen LogP contribution in [0, 0.1) is 0 Å². The number of rotatable bonds is 7. The third-order valence-corrected chi connectivity index (χ3v) is 5.93. The van der Waals surface area contributed by atoms with E-state index in [1.807, 2.05) is 35.4 Å². The number of fused-ring (bicyclic) bond motifs is 3. The predicted molar refractivity (Wildman–Crippen MR) is 115 cm³/mol. The molecule has 30 heavy (non-hydrogen) atoms. The molecular weight excluding hydrogens is 378 g/mol. The van der Waals surface area contributed by atoms with E-state index in [0.29, 0.717) is 25.8 Å². The van der Waals surface area contributed by atoms with E-state index in [9.17, 15) is 9.59 Å². The maximum absolute atomic E-state index is 12.9. The Bertz CT molecular complexity index is 1060. The topological polar surface area (TPSA) is 75.4 Å². The van der Waals surface area contributed by atoms with Crippen LogP contribution in [0.5, 0.6) is 0 Å². The smallest absolute Gasteiger partial charge is 0.303 e. The average Bonchev–Trinajstić information content (AvgIpc) is 3.04. The minimum absolute atomic E-state index is 0.100. The molecule has 1 atom stereocenters. The SMILES string of the molecule is CC1Cc2c(n(Cc3ccccc3)c3ncccc23)CN1C(=O)CCCCC(=O)O. The van der Waals surface area contributed by atoms with Crippen LogP contribution in [0.4, 0.5) is 0 Å². The highest BCUT2D eigenvalue weighted by Gasteiger charge is 2.31. The standard InChI is InChI=1S/C24H27N3O3/c1-17-14-20-19-10-7-13-25-24(19)27(15-18-8-3-2-4-9-18)21(20)16-26(17)22(28)11-5-6-12-23(29)30/h2-4,7-10,13,17H,5-6,11-12,14-16H2,1H3,(H,29,30). The fourth-order valence-corrected chi connectivity index (χ4v) is 4.39. The fraction of sp³-hybridized carbons (Fsp3) is 0.375. The van der Waals surface area contributed by atoms with Crippen molar-refractivity contribution in [3.63, 3.8) is 0 Å². The summed E-state index contributed by atoms with van der Waals surface area (Å²) in [5.74, 6) is -0.709. The summed E-state index contributed by atoms with van der Waals surface area (Å²) >= 11 is 0. The highest BCUT2D eigenvalue weighted by molar-refractivity contribution is 5.84. The summed E-state index contributed by atoms with van der Waals surface area (Å²) in [5, 5.41) is 9.97. The van der Waals surface area contributed by atoms with E-state index < -0.39 is 5.97 Å². The van der Waals surface area contributed by atoms with Crippen molar-refractivity contribution in [3.8, 4) is 0 Å². The molecule has 4 rings (SSSR count). The van der Waals surface area contributed by atoms with Gasteiger partial charge in [0.15, 0.2) is 0 Å². The number of nitrogens with zero attached hydrogens (tertiary/aromatic N) is 3. The summed E-state index contributed by atoms with van der Waals surface area (Å²) in [6.45, 7) is 3.38. The maximum atomic E-state index is 12.9. The zero-order chi connectivity index (χ0) is 21.1. The van der Waals surface area contributed by atoms with Crippen molar-refractivity contribution in [2.45, 2.75) is 58.2 Å². The third-order valence-electron chi connectivity index (χ3n) is 5.93. The van der Waals surface area contributed by atoms with E-state index in [2.05, 4.69) is 34.7 Å². The van der Waals surface area contributed by atoms with Crippen molar-refractivity contribution in [2.24, 2.45) is 0 Å². The van der Waals surface area contributed by atoms with Gasteiger partial charge in [0.2, 0.25) is 5.91 Å². The van der Waals surface area contributed by atoms with Gasteiger partial charge in [0.05, 0.1) is 6.54 Å². The normalized spacial score (nSPS) is 15.9. The lowest BCUT2D eigenvalue weighted by Gasteiger charge is -2.34. The second kappa shape index (κ2) is 8.69. The first-order chi connectivity index (χ1) is 14.5. The molecule has 3 heterocycles. The molecule has 1 amide bonds. The minimum Gasteiger partial charge on any atom is -0.481 e. The van der Waals surface area contributed by atoms with Crippen LogP contribution in [0.25, 0.3) is 11.0 Å². The van der Waals surface area contributed by atoms with Gasteiger partial charge in [-0.3, -0.25) is 9.59 Å². The highest BCUT2D eigenvalue weighted by atomic mass is 16.4. The molecular formula is C24H27N3O3. The molecule has 0 aliphatic carbocycles. The van der Waals surface area contributed by atoms with Gasteiger partial charge >= 0.3 is 5.97 Å². The lowest BCUT2D eigenvalue weighted by Crippen LogP contribution is -2.43. The van der Waals surface area contributed by atoms with Crippen molar-refractivity contribution in [1.29, 1.82) is 0 Å². The summed E-state index contributed by atoms with van der Waals surface area (Å²) in [7, 11) is 0. The molecule has 1 aromatic carbocycles. The van der Waals surface area contributed by atoms with E-state index >= 15 is 0 Å². The Morgan fingerprint density at radius 2 is 1.87 bits per heavy atom. The predicted octanol–water partition coefficient (Wildman–Crippen LogP) is 4.00. The molecule has 1 N–H and O–H groups in total. The van der Waals surface area contributed by atoms with Crippen molar-refractivity contribution < 1.29 is 14.7 Å². The number of hydrogen-bond donors (Lipinski definition) is 1. The number of pyridine rings is 1. The summed E-state index contributed by atoms with van der Waals surface area (Å²) < 4.78 is 2.25. The fourth-order valence-electron chi connectivity index (χ4n) is 4.39. The largest absolute Gasteiger partial charge is 0.481 e. The molecule has 156 valence electrons. The number of carbonyl (C=O) groups is 2. The number of amides is 1. The first-order valence-corrected chi connectivity index (χ1v) is 10.5. The molecule has 0 bridgehead atoms. The number of carbonyl (C=O) groups excluding carboxylic acids is 1. The number of unbranched alkanes of at least 4 members (excludes halogenated alkanes) is 1. The number of aromatic nitrogens is 2. The first kappa shape index (κ1) is 20.1. The Hall–Kier alpha value is -3.15. The van der Waals surface area contributed by atoms with Gasteiger partial charge in [-0.2, -0.15) is 0 Å². The molecule has 0 saturated carbocycles. The lowest BCUT2D eigenvalue weighted by molar-refractivity contribution is -0.138. The zero-order valence-electron chi connectivity index (χ0n) is 17.3. The first-order valence-electron chi connectivity index (χ1n) is 10.5.